The summed E-state index contributed by atoms with van der Waals surface area (Å²) in [7, 11) is 0. The SMILES string of the molecule is NC(=NCc1nccn1CCc1ccccc1)N1CCN(c2ccc(F)cc2)CC1. The number of hydrogen-bond acceptors (Lipinski definition) is 3. The lowest BCUT2D eigenvalue weighted by atomic mass is 10.1. The molecule has 30 heavy (non-hydrogen) atoms. The highest BCUT2D eigenvalue weighted by atomic mass is 19.1. The van der Waals surface area contributed by atoms with Crippen molar-refractivity contribution in [2.45, 2.75) is 19.5 Å². The van der Waals surface area contributed by atoms with E-state index in [1.807, 2.05) is 30.6 Å². The van der Waals surface area contributed by atoms with Crippen LogP contribution in [0, 0.1) is 5.82 Å². The van der Waals surface area contributed by atoms with Crippen LogP contribution in [0.1, 0.15) is 11.4 Å². The summed E-state index contributed by atoms with van der Waals surface area (Å²) in [5.74, 6) is 1.25. The number of nitrogens with two attached hydrogens (primary N) is 1. The van der Waals surface area contributed by atoms with Crippen molar-refractivity contribution < 1.29 is 4.39 Å². The Morgan fingerprint density at radius 2 is 1.73 bits per heavy atom. The summed E-state index contributed by atoms with van der Waals surface area (Å²) in [5, 5.41) is 0. The highest BCUT2D eigenvalue weighted by Gasteiger charge is 2.18. The van der Waals surface area contributed by atoms with Gasteiger partial charge in [0.2, 0.25) is 0 Å². The maximum absolute atomic E-state index is 13.1. The average molecular weight is 407 g/mol. The normalized spacial score (nSPS) is 14.9. The smallest absolute Gasteiger partial charge is 0.191 e. The largest absolute Gasteiger partial charge is 0.370 e. The lowest BCUT2D eigenvalue weighted by Crippen LogP contribution is -2.51. The molecule has 0 radical (unpaired) electrons. The van der Waals surface area contributed by atoms with E-state index in [1.54, 1.807) is 0 Å². The number of imidazole rings is 1. The first-order chi connectivity index (χ1) is 14.7. The maximum atomic E-state index is 13.1. The first-order valence-corrected chi connectivity index (χ1v) is 10.3. The molecule has 0 amide bonds. The lowest BCUT2D eigenvalue weighted by molar-refractivity contribution is 0.380. The zero-order valence-electron chi connectivity index (χ0n) is 17.0. The highest BCUT2D eigenvalue weighted by Crippen LogP contribution is 2.17. The van der Waals surface area contributed by atoms with Crippen LogP contribution in [-0.2, 0) is 19.5 Å². The Labute approximate surface area is 176 Å². The van der Waals surface area contributed by atoms with Crippen LogP contribution in [0.5, 0.6) is 0 Å². The summed E-state index contributed by atoms with van der Waals surface area (Å²) in [5.41, 5.74) is 8.59. The molecule has 6 nitrogen and oxygen atoms in total. The molecule has 7 heteroatoms. The molecule has 4 rings (SSSR count). The molecule has 2 heterocycles. The lowest BCUT2D eigenvalue weighted by Gasteiger charge is -2.36. The number of aryl methyl sites for hydroxylation is 2. The number of hydrogen-bond donors (Lipinski definition) is 1. The fourth-order valence-corrected chi connectivity index (χ4v) is 3.69. The van der Waals surface area contributed by atoms with Crippen molar-refractivity contribution in [3.05, 3.63) is 84.2 Å². The minimum absolute atomic E-state index is 0.212. The molecule has 0 aliphatic carbocycles. The maximum Gasteiger partial charge on any atom is 0.191 e. The Hall–Kier alpha value is -3.35. The van der Waals surface area contributed by atoms with Crippen LogP contribution < -0.4 is 10.6 Å². The van der Waals surface area contributed by atoms with E-state index < -0.39 is 0 Å². The molecular weight excluding hydrogens is 379 g/mol. The van der Waals surface area contributed by atoms with Crippen LogP contribution in [-0.4, -0.2) is 46.6 Å². The molecular formula is C23H27FN6. The van der Waals surface area contributed by atoms with Gasteiger partial charge in [-0.15, -0.1) is 0 Å². The van der Waals surface area contributed by atoms with Gasteiger partial charge in [-0.3, -0.25) is 0 Å². The van der Waals surface area contributed by atoms with Crippen molar-refractivity contribution in [3.8, 4) is 0 Å². The standard InChI is InChI=1S/C23H27FN6/c24-20-6-8-21(9-7-20)28-14-16-30(17-15-28)23(25)27-18-22-26-11-13-29(22)12-10-19-4-2-1-3-5-19/h1-9,11,13H,10,12,14-18H2,(H2,25,27). The van der Waals surface area contributed by atoms with Crippen molar-refractivity contribution in [1.29, 1.82) is 0 Å². The molecule has 0 saturated carbocycles. The van der Waals surface area contributed by atoms with Gasteiger partial charge in [-0.2, -0.15) is 0 Å². The monoisotopic (exact) mass is 406 g/mol. The molecule has 0 atom stereocenters. The number of benzene rings is 2. The van der Waals surface area contributed by atoms with E-state index in [0.717, 1.165) is 50.7 Å². The molecule has 1 saturated heterocycles. The Bertz CT molecular complexity index is 959. The summed E-state index contributed by atoms with van der Waals surface area (Å²) in [4.78, 5) is 13.4. The van der Waals surface area contributed by atoms with E-state index >= 15 is 0 Å². The summed E-state index contributed by atoms with van der Waals surface area (Å²) in [6.45, 7) is 4.56. The van der Waals surface area contributed by atoms with Gasteiger partial charge in [0.15, 0.2) is 5.96 Å². The number of aliphatic imine (C=N–C) groups is 1. The van der Waals surface area contributed by atoms with Crippen molar-refractivity contribution >= 4 is 11.6 Å². The van der Waals surface area contributed by atoms with Crippen LogP contribution in [0.4, 0.5) is 10.1 Å². The Morgan fingerprint density at radius 1 is 1.00 bits per heavy atom. The summed E-state index contributed by atoms with van der Waals surface area (Å²) < 4.78 is 15.3. The van der Waals surface area contributed by atoms with Crippen LogP contribution in [0.3, 0.4) is 0 Å². The number of anilines is 1. The number of aromatic nitrogens is 2. The van der Waals surface area contributed by atoms with Crippen LogP contribution in [0.25, 0.3) is 0 Å². The molecule has 2 aromatic carbocycles. The number of rotatable bonds is 6. The topological polar surface area (TPSA) is 62.7 Å². The second kappa shape index (κ2) is 9.43. The van der Waals surface area contributed by atoms with Crippen LogP contribution >= 0.6 is 0 Å². The van der Waals surface area contributed by atoms with Gasteiger partial charge in [-0.1, -0.05) is 30.3 Å². The first kappa shape index (κ1) is 19.9. The van der Waals surface area contributed by atoms with Gasteiger partial charge in [0.25, 0.3) is 0 Å². The summed E-state index contributed by atoms with van der Waals surface area (Å²) >= 11 is 0. The number of guanidine groups is 1. The number of halogens is 1. The van der Waals surface area contributed by atoms with E-state index in [4.69, 9.17) is 5.73 Å². The number of piperazine rings is 1. The van der Waals surface area contributed by atoms with E-state index in [-0.39, 0.29) is 5.82 Å². The van der Waals surface area contributed by atoms with Crippen molar-refractivity contribution in [3.63, 3.8) is 0 Å². The molecule has 0 unspecified atom stereocenters. The molecule has 156 valence electrons. The predicted octanol–water partition coefficient (Wildman–Crippen LogP) is 2.90. The van der Waals surface area contributed by atoms with Gasteiger partial charge >= 0.3 is 0 Å². The molecule has 1 aliphatic heterocycles. The fourth-order valence-electron chi connectivity index (χ4n) is 3.69. The van der Waals surface area contributed by atoms with Gasteiger partial charge < -0.3 is 20.1 Å². The zero-order valence-corrected chi connectivity index (χ0v) is 17.0. The van der Waals surface area contributed by atoms with Crippen LogP contribution in [0.2, 0.25) is 0 Å². The molecule has 1 aliphatic rings. The molecule has 1 aromatic heterocycles. The second-order valence-electron chi connectivity index (χ2n) is 7.40. The summed E-state index contributed by atoms with van der Waals surface area (Å²) in [6.07, 6.45) is 4.76. The average Bonchev–Trinajstić information content (AvgIpc) is 3.25. The first-order valence-electron chi connectivity index (χ1n) is 10.3. The second-order valence-corrected chi connectivity index (χ2v) is 7.40. The van der Waals surface area contributed by atoms with E-state index in [2.05, 4.69) is 48.6 Å². The Kier molecular flexibility index (Phi) is 6.27. The quantitative estimate of drug-likeness (QED) is 0.505. The highest BCUT2D eigenvalue weighted by molar-refractivity contribution is 5.78. The molecule has 2 N–H and O–H groups in total. The van der Waals surface area contributed by atoms with Gasteiger partial charge in [0.1, 0.15) is 18.2 Å². The Morgan fingerprint density at radius 3 is 2.47 bits per heavy atom. The van der Waals surface area contributed by atoms with Crippen LogP contribution in [0.15, 0.2) is 72.0 Å². The fraction of sp³-hybridized carbons (Fsp3) is 0.304. The zero-order chi connectivity index (χ0) is 20.8. The van der Waals surface area contributed by atoms with Crippen molar-refractivity contribution in [1.82, 2.24) is 14.5 Å². The van der Waals surface area contributed by atoms with Crippen molar-refractivity contribution in [2.24, 2.45) is 10.7 Å². The van der Waals surface area contributed by atoms with Crippen molar-refractivity contribution in [2.75, 3.05) is 31.1 Å². The molecule has 0 spiro atoms. The molecule has 1 fully saturated rings. The minimum atomic E-state index is -0.212. The van der Waals surface area contributed by atoms with E-state index in [0.29, 0.717) is 12.5 Å². The third-order valence-corrected chi connectivity index (χ3v) is 5.46. The number of nitrogens with zero attached hydrogens (tertiary/aromatic N) is 5. The van der Waals surface area contributed by atoms with Gasteiger partial charge in [-0.05, 0) is 36.2 Å². The van der Waals surface area contributed by atoms with Gasteiger partial charge in [-0.25, -0.2) is 14.4 Å². The molecule has 0 bridgehead atoms. The third kappa shape index (κ3) is 4.97. The predicted molar refractivity (Wildman–Crippen MR) is 118 cm³/mol. The van der Waals surface area contributed by atoms with E-state index in [9.17, 15) is 4.39 Å². The minimum Gasteiger partial charge on any atom is -0.370 e. The summed E-state index contributed by atoms with van der Waals surface area (Å²) in [6, 6.07) is 17.1. The van der Waals surface area contributed by atoms with E-state index in [1.165, 1.54) is 17.7 Å². The van der Waals surface area contributed by atoms with Gasteiger partial charge in [0.05, 0.1) is 0 Å². The molecule has 3 aromatic rings. The Balaban J connectivity index is 1.30. The third-order valence-electron chi connectivity index (χ3n) is 5.46. The van der Waals surface area contributed by atoms with Gasteiger partial charge in [0, 0.05) is 50.8 Å².